The molecule has 1 heterocycles. The fraction of sp³-hybridized carbons (Fsp3) is 0.130. The number of fused-ring (bicyclic) bond motifs is 1. The minimum atomic E-state index is -1.46. The SMILES string of the molecule is Cc1ccc(O)c(C2(c3cc(C)ccc3C#N)C(=O)Nc3cc(F)ccc32)c1. The van der Waals surface area contributed by atoms with Crippen LogP contribution in [0.1, 0.15) is 33.4 Å². The molecule has 0 bridgehead atoms. The largest absolute Gasteiger partial charge is 0.508 e. The number of amides is 1. The lowest BCUT2D eigenvalue weighted by Gasteiger charge is -2.31. The molecule has 0 saturated heterocycles. The molecular formula is C23H17FN2O2. The topological polar surface area (TPSA) is 73.1 Å². The minimum Gasteiger partial charge on any atom is -0.508 e. The molecule has 0 saturated carbocycles. The number of nitriles is 1. The molecule has 4 nitrogen and oxygen atoms in total. The van der Waals surface area contributed by atoms with Crippen molar-refractivity contribution < 1.29 is 14.3 Å². The van der Waals surface area contributed by atoms with Crippen LogP contribution < -0.4 is 5.32 Å². The van der Waals surface area contributed by atoms with Gasteiger partial charge in [0.25, 0.3) is 0 Å². The van der Waals surface area contributed by atoms with Crippen LogP contribution in [0.4, 0.5) is 10.1 Å². The number of nitrogens with zero attached hydrogens (tertiary/aromatic N) is 1. The summed E-state index contributed by atoms with van der Waals surface area (Å²) in [5.41, 5.74) is 2.22. The van der Waals surface area contributed by atoms with E-state index in [1.807, 2.05) is 13.8 Å². The van der Waals surface area contributed by atoms with E-state index in [-0.39, 0.29) is 5.75 Å². The van der Waals surface area contributed by atoms with Gasteiger partial charge in [0.05, 0.1) is 11.6 Å². The Hall–Kier alpha value is -3.65. The van der Waals surface area contributed by atoms with Crippen LogP contribution in [-0.4, -0.2) is 11.0 Å². The molecule has 0 radical (unpaired) electrons. The normalized spacial score (nSPS) is 17.7. The highest BCUT2D eigenvalue weighted by atomic mass is 19.1. The summed E-state index contributed by atoms with van der Waals surface area (Å²) < 4.78 is 13.8. The number of carbonyl (C=O) groups is 1. The predicted octanol–water partition coefficient (Wildman–Crippen LogP) is 4.31. The quantitative estimate of drug-likeness (QED) is 0.704. The first kappa shape index (κ1) is 17.7. The van der Waals surface area contributed by atoms with E-state index in [9.17, 15) is 19.6 Å². The van der Waals surface area contributed by atoms with E-state index in [1.165, 1.54) is 24.3 Å². The molecule has 0 spiro atoms. The standard InChI is InChI=1S/C23H17FN2O2/c1-13-3-5-15(12-25)18(9-13)23(19-10-14(2)4-8-21(19)27)17-7-6-16(24)11-20(17)26-22(23)28/h3-11,27H,1-2H3,(H,26,28). The molecule has 4 rings (SSSR count). The Balaban J connectivity index is 2.20. The van der Waals surface area contributed by atoms with Gasteiger partial charge in [0.2, 0.25) is 5.91 Å². The summed E-state index contributed by atoms with van der Waals surface area (Å²) in [4.78, 5) is 13.5. The van der Waals surface area contributed by atoms with Crippen LogP contribution in [0.2, 0.25) is 0 Å². The number of rotatable bonds is 2. The van der Waals surface area contributed by atoms with Gasteiger partial charge < -0.3 is 10.4 Å². The van der Waals surface area contributed by atoms with E-state index in [4.69, 9.17) is 0 Å². The van der Waals surface area contributed by atoms with Gasteiger partial charge in [-0.25, -0.2) is 4.39 Å². The first-order valence-electron chi connectivity index (χ1n) is 8.80. The van der Waals surface area contributed by atoms with Gasteiger partial charge in [-0.15, -0.1) is 0 Å². The Morgan fingerprint density at radius 1 is 0.964 bits per heavy atom. The van der Waals surface area contributed by atoms with Crippen molar-refractivity contribution in [3.8, 4) is 11.8 Å². The van der Waals surface area contributed by atoms with E-state index >= 15 is 0 Å². The molecule has 0 fully saturated rings. The van der Waals surface area contributed by atoms with Crippen molar-refractivity contribution in [2.75, 3.05) is 5.32 Å². The van der Waals surface area contributed by atoms with E-state index in [0.717, 1.165) is 11.1 Å². The van der Waals surface area contributed by atoms with Crippen molar-refractivity contribution in [1.82, 2.24) is 0 Å². The zero-order valence-corrected chi connectivity index (χ0v) is 15.4. The molecule has 1 aliphatic rings. The maximum Gasteiger partial charge on any atom is 0.244 e. The highest BCUT2D eigenvalue weighted by Gasteiger charge is 2.52. The summed E-state index contributed by atoms with van der Waals surface area (Å²) in [6, 6.07) is 16.5. The van der Waals surface area contributed by atoms with Crippen LogP contribution in [0.3, 0.4) is 0 Å². The second-order valence-corrected chi connectivity index (χ2v) is 7.08. The van der Waals surface area contributed by atoms with Crippen molar-refractivity contribution in [3.63, 3.8) is 0 Å². The van der Waals surface area contributed by atoms with Crippen LogP contribution >= 0.6 is 0 Å². The average molecular weight is 372 g/mol. The number of anilines is 1. The Morgan fingerprint density at radius 2 is 1.64 bits per heavy atom. The van der Waals surface area contributed by atoms with Gasteiger partial charge in [0.1, 0.15) is 17.0 Å². The molecule has 5 heteroatoms. The van der Waals surface area contributed by atoms with E-state index in [0.29, 0.717) is 27.9 Å². The van der Waals surface area contributed by atoms with Crippen LogP contribution in [-0.2, 0) is 10.2 Å². The van der Waals surface area contributed by atoms with Gasteiger partial charge in [-0.05, 0) is 43.7 Å². The third-order valence-electron chi connectivity index (χ3n) is 5.23. The van der Waals surface area contributed by atoms with Gasteiger partial charge in [-0.2, -0.15) is 5.26 Å². The van der Waals surface area contributed by atoms with Crippen molar-refractivity contribution in [3.05, 3.63) is 93.8 Å². The maximum absolute atomic E-state index is 13.8. The van der Waals surface area contributed by atoms with Gasteiger partial charge in [0.15, 0.2) is 0 Å². The molecule has 2 N–H and O–H groups in total. The lowest BCUT2D eigenvalue weighted by atomic mass is 9.68. The van der Waals surface area contributed by atoms with Gasteiger partial charge in [-0.3, -0.25) is 4.79 Å². The number of hydrogen-bond donors (Lipinski definition) is 2. The number of carbonyl (C=O) groups excluding carboxylic acids is 1. The van der Waals surface area contributed by atoms with E-state index in [2.05, 4.69) is 11.4 Å². The first-order chi connectivity index (χ1) is 13.4. The lowest BCUT2D eigenvalue weighted by Crippen LogP contribution is -2.38. The number of nitrogens with one attached hydrogen (secondary N) is 1. The Morgan fingerprint density at radius 3 is 2.36 bits per heavy atom. The molecular weight excluding hydrogens is 355 g/mol. The summed E-state index contributed by atoms with van der Waals surface area (Å²) in [7, 11) is 0. The second kappa shape index (κ2) is 6.21. The zero-order valence-electron chi connectivity index (χ0n) is 15.4. The number of aromatic hydroxyl groups is 1. The lowest BCUT2D eigenvalue weighted by molar-refractivity contribution is -0.118. The van der Waals surface area contributed by atoms with Crippen LogP contribution in [0.5, 0.6) is 5.75 Å². The highest BCUT2D eigenvalue weighted by Crippen LogP contribution is 2.51. The number of phenolic OH excluding ortho intramolecular Hbond substituents is 1. The number of benzene rings is 3. The zero-order chi connectivity index (χ0) is 20.1. The first-order valence-corrected chi connectivity index (χ1v) is 8.80. The smallest absolute Gasteiger partial charge is 0.244 e. The fourth-order valence-electron chi connectivity index (χ4n) is 3.98. The second-order valence-electron chi connectivity index (χ2n) is 7.08. The Labute approximate surface area is 161 Å². The summed E-state index contributed by atoms with van der Waals surface area (Å²) >= 11 is 0. The molecule has 1 aliphatic heterocycles. The predicted molar refractivity (Wildman–Crippen MR) is 104 cm³/mol. The number of aryl methyl sites for hydroxylation is 2. The highest BCUT2D eigenvalue weighted by molar-refractivity contribution is 6.12. The molecule has 3 aromatic rings. The van der Waals surface area contributed by atoms with Gasteiger partial charge in [0, 0.05) is 16.8 Å². The maximum atomic E-state index is 13.8. The summed E-state index contributed by atoms with van der Waals surface area (Å²) in [5.74, 6) is -0.979. The van der Waals surface area contributed by atoms with Crippen LogP contribution in [0.25, 0.3) is 0 Å². The molecule has 138 valence electrons. The molecule has 3 aromatic carbocycles. The molecule has 0 aliphatic carbocycles. The third-order valence-corrected chi connectivity index (χ3v) is 5.23. The van der Waals surface area contributed by atoms with Gasteiger partial charge >= 0.3 is 0 Å². The Bertz CT molecular complexity index is 1180. The number of halogens is 1. The van der Waals surface area contributed by atoms with Crippen molar-refractivity contribution in [2.24, 2.45) is 0 Å². The van der Waals surface area contributed by atoms with E-state index in [1.54, 1.807) is 30.3 Å². The monoisotopic (exact) mass is 372 g/mol. The molecule has 1 atom stereocenters. The summed E-state index contributed by atoms with van der Waals surface area (Å²) in [6.45, 7) is 3.73. The van der Waals surface area contributed by atoms with E-state index < -0.39 is 17.1 Å². The summed E-state index contributed by atoms with van der Waals surface area (Å²) in [6.07, 6.45) is 0. The average Bonchev–Trinajstić information content (AvgIpc) is 2.95. The molecule has 28 heavy (non-hydrogen) atoms. The summed E-state index contributed by atoms with van der Waals surface area (Å²) in [5, 5.41) is 23.2. The van der Waals surface area contributed by atoms with Crippen molar-refractivity contribution in [2.45, 2.75) is 19.3 Å². The fourth-order valence-corrected chi connectivity index (χ4v) is 3.98. The third kappa shape index (κ3) is 2.39. The van der Waals surface area contributed by atoms with Crippen molar-refractivity contribution >= 4 is 11.6 Å². The number of hydrogen-bond acceptors (Lipinski definition) is 3. The molecule has 0 aromatic heterocycles. The molecule has 1 unspecified atom stereocenters. The number of phenols is 1. The molecule has 1 amide bonds. The van der Waals surface area contributed by atoms with Crippen LogP contribution in [0, 0.1) is 31.0 Å². The van der Waals surface area contributed by atoms with Crippen molar-refractivity contribution in [1.29, 1.82) is 5.26 Å². The van der Waals surface area contributed by atoms with Crippen LogP contribution in [0.15, 0.2) is 54.6 Å². The minimum absolute atomic E-state index is 0.0664. The Kier molecular flexibility index (Phi) is 3.93. The van der Waals surface area contributed by atoms with Gasteiger partial charge in [-0.1, -0.05) is 41.5 Å².